The van der Waals surface area contributed by atoms with Crippen molar-refractivity contribution in [3.63, 3.8) is 0 Å². The van der Waals surface area contributed by atoms with Gasteiger partial charge in [0.05, 0.1) is 4.47 Å². The molecule has 1 atom stereocenters. The van der Waals surface area contributed by atoms with E-state index in [0.29, 0.717) is 12.4 Å². The van der Waals surface area contributed by atoms with E-state index in [1.54, 1.807) is 6.20 Å². The highest BCUT2D eigenvalue weighted by molar-refractivity contribution is 9.10. The van der Waals surface area contributed by atoms with Gasteiger partial charge in [0.2, 0.25) is 5.95 Å². The molecule has 5 nitrogen and oxygen atoms in total. The van der Waals surface area contributed by atoms with Gasteiger partial charge in [-0.1, -0.05) is 20.8 Å². The minimum absolute atomic E-state index is 0.0332. The van der Waals surface area contributed by atoms with Crippen LogP contribution in [0.1, 0.15) is 34.1 Å². The van der Waals surface area contributed by atoms with Crippen LogP contribution in [-0.2, 0) is 0 Å². The predicted octanol–water partition coefficient (Wildman–Crippen LogP) is 2.88. The second-order valence-corrected chi connectivity index (χ2v) is 6.35. The van der Waals surface area contributed by atoms with E-state index in [2.05, 4.69) is 57.3 Å². The number of rotatable bonds is 6. The van der Waals surface area contributed by atoms with Gasteiger partial charge in [-0.05, 0) is 34.7 Å². The fourth-order valence-corrected chi connectivity index (χ4v) is 2.03. The van der Waals surface area contributed by atoms with Gasteiger partial charge in [0.25, 0.3) is 0 Å². The van der Waals surface area contributed by atoms with Gasteiger partial charge in [0.1, 0.15) is 5.82 Å². The van der Waals surface area contributed by atoms with E-state index in [-0.39, 0.29) is 18.1 Å². The number of anilines is 2. The summed E-state index contributed by atoms with van der Waals surface area (Å²) in [4.78, 5) is 8.62. The summed E-state index contributed by atoms with van der Waals surface area (Å²) in [6, 6.07) is 0.137. The minimum atomic E-state index is 0.0332. The van der Waals surface area contributed by atoms with Crippen molar-refractivity contribution in [3.8, 4) is 0 Å². The van der Waals surface area contributed by atoms with Gasteiger partial charge >= 0.3 is 0 Å². The molecular weight excluding hydrogens is 308 g/mol. The van der Waals surface area contributed by atoms with Crippen LogP contribution in [0.2, 0.25) is 0 Å². The van der Waals surface area contributed by atoms with Crippen molar-refractivity contribution in [3.05, 3.63) is 10.7 Å². The summed E-state index contributed by atoms with van der Waals surface area (Å²) in [5.74, 6) is 1.35. The van der Waals surface area contributed by atoms with Gasteiger partial charge < -0.3 is 15.7 Å². The molecule has 1 rings (SSSR count). The van der Waals surface area contributed by atoms with E-state index in [1.807, 2.05) is 6.92 Å². The maximum absolute atomic E-state index is 9.19. The average molecular weight is 331 g/mol. The zero-order chi connectivity index (χ0) is 14.5. The summed E-state index contributed by atoms with van der Waals surface area (Å²) >= 11 is 3.45. The molecule has 0 amide bonds. The number of aliphatic hydroxyl groups is 1. The first kappa shape index (κ1) is 16.2. The topological polar surface area (TPSA) is 70.1 Å². The molecule has 0 radical (unpaired) electrons. The van der Waals surface area contributed by atoms with Crippen molar-refractivity contribution in [1.29, 1.82) is 0 Å². The molecule has 1 aromatic heterocycles. The van der Waals surface area contributed by atoms with Crippen molar-refractivity contribution in [2.24, 2.45) is 5.41 Å². The predicted molar refractivity (Wildman–Crippen MR) is 82.5 cm³/mol. The molecule has 19 heavy (non-hydrogen) atoms. The largest absolute Gasteiger partial charge is 0.396 e. The summed E-state index contributed by atoms with van der Waals surface area (Å²) < 4.78 is 0.821. The van der Waals surface area contributed by atoms with Crippen molar-refractivity contribution in [2.45, 2.75) is 40.2 Å². The number of aromatic nitrogens is 2. The van der Waals surface area contributed by atoms with E-state index < -0.39 is 0 Å². The third-order valence-corrected chi connectivity index (χ3v) is 3.43. The normalized spacial score (nSPS) is 13.2. The Hall–Kier alpha value is -0.880. The number of halogens is 1. The SMILES string of the molecule is CCNc1ncc(Br)c(NC(CCO)C(C)(C)C)n1. The second-order valence-electron chi connectivity index (χ2n) is 5.50. The molecule has 0 saturated heterocycles. The van der Waals surface area contributed by atoms with Crippen LogP contribution in [0.3, 0.4) is 0 Å². The van der Waals surface area contributed by atoms with Crippen LogP contribution in [-0.4, -0.2) is 34.3 Å². The van der Waals surface area contributed by atoms with E-state index in [1.165, 1.54) is 0 Å². The number of nitrogens with zero attached hydrogens (tertiary/aromatic N) is 2. The highest BCUT2D eigenvalue weighted by Gasteiger charge is 2.25. The molecule has 0 saturated carbocycles. The third kappa shape index (κ3) is 4.95. The smallest absolute Gasteiger partial charge is 0.224 e. The average Bonchev–Trinajstić information content (AvgIpc) is 2.32. The molecule has 0 aliphatic heterocycles. The molecule has 0 aliphatic carbocycles. The Kier molecular flexibility index (Phi) is 6.00. The minimum Gasteiger partial charge on any atom is -0.396 e. The highest BCUT2D eigenvalue weighted by atomic mass is 79.9. The highest BCUT2D eigenvalue weighted by Crippen LogP contribution is 2.28. The lowest BCUT2D eigenvalue weighted by Crippen LogP contribution is -2.35. The fraction of sp³-hybridized carbons (Fsp3) is 0.692. The lowest BCUT2D eigenvalue weighted by Gasteiger charge is -2.31. The first-order valence-corrected chi connectivity index (χ1v) is 7.31. The van der Waals surface area contributed by atoms with E-state index in [0.717, 1.165) is 16.8 Å². The Morgan fingerprint density at radius 3 is 2.63 bits per heavy atom. The van der Waals surface area contributed by atoms with Crippen LogP contribution in [0.4, 0.5) is 11.8 Å². The summed E-state index contributed by atoms with van der Waals surface area (Å²) in [5.41, 5.74) is 0.0332. The Morgan fingerprint density at radius 1 is 1.42 bits per heavy atom. The Morgan fingerprint density at radius 2 is 2.11 bits per heavy atom. The molecule has 0 spiro atoms. The first-order chi connectivity index (χ1) is 8.88. The Bertz CT molecular complexity index is 406. The molecule has 0 fully saturated rings. The van der Waals surface area contributed by atoms with Crippen LogP contribution >= 0.6 is 15.9 Å². The fourth-order valence-electron chi connectivity index (χ4n) is 1.73. The molecule has 6 heteroatoms. The molecule has 0 aromatic carbocycles. The summed E-state index contributed by atoms with van der Waals surface area (Å²) in [6.45, 7) is 9.35. The molecule has 1 aromatic rings. The quantitative estimate of drug-likeness (QED) is 0.748. The molecular formula is C13H23BrN4O. The lowest BCUT2D eigenvalue weighted by molar-refractivity contribution is 0.235. The number of hydrogen-bond donors (Lipinski definition) is 3. The van der Waals surface area contributed by atoms with Gasteiger partial charge in [-0.3, -0.25) is 0 Å². The van der Waals surface area contributed by atoms with Gasteiger partial charge in [-0.15, -0.1) is 0 Å². The van der Waals surface area contributed by atoms with E-state index in [9.17, 15) is 5.11 Å². The number of nitrogens with one attached hydrogen (secondary N) is 2. The van der Waals surface area contributed by atoms with Crippen molar-refractivity contribution in [2.75, 3.05) is 23.8 Å². The summed E-state index contributed by atoms with van der Waals surface area (Å²) in [7, 11) is 0. The van der Waals surface area contributed by atoms with Crippen LogP contribution in [0, 0.1) is 5.41 Å². The van der Waals surface area contributed by atoms with Gasteiger partial charge in [-0.25, -0.2) is 4.98 Å². The summed E-state index contributed by atoms with van der Waals surface area (Å²) in [6.07, 6.45) is 2.41. The number of aliphatic hydroxyl groups excluding tert-OH is 1. The molecule has 1 unspecified atom stereocenters. The van der Waals surface area contributed by atoms with Crippen LogP contribution in [0.15, 0.2) is 10.7 Å². The van der Waals surface area contributed by atoms with Gasteiger partial charge in [-0.2, -0.15) is 4.98 Å². The molecule has 3 N–H and O–H groups in total. The molecule has 0 aliphatic rings. The Labute approximate surface area is 123 Å². The maximum Gasteiger partial charge on any atom is 0.224 e. The van der Waals surface area contributed by atoms with Crippen molar-refractivity contribution < 1.29 is 5.11 Å². The Balaban J connectivity index is 2.91. The van der Waals surface area contributed by atoms with Crippen molar-refractivity contribution >= 4 is 27.7 Å². The molecule has 1 heterocycles. The van der Waals surface area contributed by atoms with Crippen LogP contribution in [0.5, 0.6) is 0 Å². The van der Waals surface area contributed by atoms with Crippen LogP contribution in [0.25, 0.3) is 0 Å². The third-order valence-electron chi connectivity index (χ3n) is 2.85. The lowest BCUT2D eigenvalue weighted by atomic mass is 9.85. The first-order valence-electron chi connectivity index (χ1n) is 6.52. The molecule has 0 bridgehead atoms. The summed E-state index contributed by atoms with van der Waals surface area (Å²) in [5, 5.41) is 15.7. The van der Waals surface area contributed by atoms with E-state index in [4.69, 9.17) is 0 Å². The van der Waals surface area contributed by atoms with Gasteiger partial charge in [0, 0.05) is 25.4 Å². The zero-order valence-electron chi connectivity index (χ0n) is 12.0. The van der Waals surface area contributed by atoms with Crippen LogP contribution < -0.4 is 10.6 Å². The number of hydrogen-bond acceptors (Lipinski definition) is 5. The second kappa shape index (κ2) is 7.05. The monoisotopic (exact) mass is 330 g/mol. The molecule has 108 valence electrons. The van der Waals surface area contributed by atoms with Crippen molar-refractivity contribution in [1.82, 2.24) is 9.97 Å². The zero-order valence-corrected chi connectivity index (χ0v) is 13.6. The van der Waals surface area contributed by atoms with Gasteiger partial charge in [0.15, 0.2) is 0 Å². The standard InChI is InChI=1S/C13H23BrN4O/c1-5-15-12-16-8-9(14)11(18-12)17-10(6-7-19)13(2,3)4/h8,10,19H,5-7H2,1-4H3,(H2,15,16,17,18). The van der Waals surface area contributed by atoms with E-state index >= 15 is 0 Å². The maximum atomic E-state index is 9.19.